The predicted octanol–water partition coefficient (Wildman–Crippen LogP) is 0.496. The zero-order valence-corrected chi connectivity index (χ0v) is 5.71. The standard InChI is InChI=1S/C7H15NO/c8-4-3-6-1-2-7(9)5-6/h6-7,9H,1-5,8H2/t6?,7-/m1/s1. The van der Waals surface area contributed by atoms with Gasteiger partial charge in [0.25, 0.3) is 0 Å². The second-order valence-corrected chi connectivity index (χ2v) is 2.91. The van der Waals surface area contributed by atoms with Crippen LogP contribution in [-0.4, -0.2) is 17.8 Å². The highest BCUT2D eigenvalue weighted by Gasteiger charge is 2.21. The normalized spacial score (nSPS) is 35.3. The lowest BCUT2D eigenvalue weighted by Crippen LogP contribution is -2.06. The maximum Gasteiger partial charge on any atom is 0.0543 e. The number of nitrogens with two attached hydrogens (primary N) is 1. The fraction of sp³-hybridized carbons (Fsp3) is 1.00. The van der Waals surface area contributed by atoms with Gasteiger partial charge in [0.05, 0.1) is 6.10 Å². The minimum absolute atomic E-state index is 0.0263. The Bertz CT molecular complexity index is 83.0. The Morgan fingerprint density at radius 2 is 2.22 bits per heavy atom. The van der Waals surface area contributed by atoms with Gasteiger partial charge in [-0.2, -0.15) is 0 Å². The van der Waals surface area contributed by atoms with Crippen LogP contribution in [-0.2, 0) is 0 Å². The van der Waals surface area contributed by atoms with E-state index in [1.54, 1.807) is 0 Å². The van der Waals surface area contributed by atoms with Crippen molar-refractivity contribution >= 4 is 0 Å². The maximum absolute atomic E-state index is 9.09. The lowest BCUT2D eigenvalue weighted by Gasteiger charge is -2.04. The van der Waals surface area contributed by atoms with E-state index in [0.29, 0.717) is 5.92 Å². The summed E-state index contributed by atoms with van der Waals surface area (Å²) in [7, 11) is 0. The van der Waals surface area contributed by atoms with Gasteiger partial charge in [0.15, 0.2) is 0 Å². The molecule has 2 heteroatoms. The molecule has 2 atom stereocenters. The van der Waals surface area contributed by atoms with Crippen LogP contribution in [0.5, 0.6) is 0 Å². The molecule has 54 valence electrons. The summed E-state index contributed by atoms with van der Waals surface area (Å²) in [5.74, 6) is 0.713. The second-order valence-electron chi connectivity index (χ2n) is 2.91. The van der Waals surface area contributed by atoms with Gasteiger partial charge >= 0.3 is 0 Å². The topological polar surface area (TPSA) is 46.2 Å². The number of aliphatic hydroxyl groups excluding tert-OH is 1. The molecule has 0 bridgehead atoms. The van der Waals surface area contributed by atoms with Gasteiger partial charge in [-0.05, 0) is 38.1 Å². The molecule has 0 aromatic rings. The van der Waals surface area contributed by atoms with Gasteiger partial charge in [0.1, 0.15) is 0 Å². The lowest BCUT2D eigenvalue weighted by molar-refractivity contribution is 0.177. The first kappa shape index (κ1) is 7.03. The first-order valence-electron chi connectivity index (χ1n) is 3.71. The van der Waals surface area contributed by atoms with E-state index in [2.05, 4.69) is 0 Å². The highest BCUT2D eigenvalue weighted by atomic mass is 16.3. The third-order valence-corrected chi connectivity index (χ3v) is 2.09. The number of hydrogen-bond donors (Lipinski definition) is 2. The van der Waals surface area contributed by atoms with E-state index in [1.165, 1.54) is 6.42 Å². The summed E-state index contributed by atoms with van der Waals surface area (Å²) in [4.78, 5) is 0. The van der Waals surface area contributed by atoms with Crippen LogP contribution in [0.25, 0.3) is 0 Å². The first-order valence-corrected chi connectivity index (χ1v) is 3.71. The summed E-state index contributed by atoms with van der Waals surface area (Å²) in [5, 5.41) is 9.09. The average Bonchev–Trinajstić information content (AvgIpc) is 2.17. The Balaban J connectivity index is 2.14. The maximum atomic E-state index is 9.09. The smallest absolute Gasteiger partial charge is 0.0543 e. The lowest BCUT2D eigenvalue weighted by atomic mass is 10.0. The number of hydrogen-bond acceptors (Lipinski definition) is 2. The average molecular weight is 129 g/mol. The zero-order valence-electron chi connectivity index (χ0n) is 5.71. The van der Waals surface area contributed by atoms with Gasteiger partial charge < -0.3 is 10.8 Å². The molecule has 1 saturated carbocycles. The summed E-state index contributed by atoms with van der Waals surface area (Å²) in [6.07, 6.45) is 4.22. The Labute approximate surface area is 56.1 Å². The minimum atomic E-state index is -0.0263. The SMILES string of the molecule is NCCC1CC[C@@H](O)C1. The molecule has 0 aromatic carbocycles. The highest BCUT2D eigenvalue weighted by molar-refractivity contribution is 4.74. The molecule has 0 radical (unpaired) electrons. The van der Waals surface area contributed by atoms with E-state index in [0.717, 1.165) is 25.8 Å². The van der Waals surface area contributed by atoms with Gasteiger partial charge in [-0.15, -0.1) is 0 Å². The molecule has 1 fully saturated rings. The molecule has 9 heavy (non-hydrogen) atoms. The van der Waals surface area contributed by atoms with E-state index >= 15 is 0 Å². The molecule has 0 aromatic heterocycles. The van der Waals surface area contributed by atoms with Crippen LogP contribution < -0.4 is 5.73 Å². The van der Waals surface area contributed by atoms with Crippen molar-refractivity contribution < 1.29 is 5.11 Å². The largest absolute Gasteiger partial charge is 0.393 e. The van der Waals surface area contributed by atoms with Crippen molar-refractivity contribution in [1.82, 2.24) is 0 Å². The van der Waals surface area contributed by atoms with Crippen molar-refractivity contribution in [2.45, 2.75) is 31.8 Å². The molecule has 0 aliphatic heterocycles. The Morgan fingerprint density at radius 1 is 1.44 bits per heavy atom. The van der Waals surface area contributed by atoms with Crippen LogP contribution in [0.4, 0.5) is 0 Å². The molecular weight excluding hydrogens is 114 g/mol. The van der Waals surface area contributed by atoms with Crippen LogP contribution in [0.2, 0.25) is 0 Å². The Hall–Kier alpha value is -0.0800. The number of aliphatic hydroxyl groups is 1. The zero-order chi connectivity index (χ0) is 6.69. The van der Waals surface area contributed by atoms with E-state index in [4.69, 9.17) is 10.8 Å². The predicted molar refractivity (Wildman–Crippen MR) is 37.0 cm³/mol. The van der Waals surface area contributed by atoms with Crippen molar-refractivity contribution in [3.05, 3.63) is 0 Å². The molecule has 2 nitrogen and oxygen atoms in total. The molecule has 1 rings (SSSR count). The fourth-order valence-corrected chi connectivity index (χ4v) is 1.55. The third-order valence-electron chi connectivity index (χ3n) is 2.09. The molecule has 0 heterocycles. The van der Waals surface area contributed by atoms with Crippen LogP contribution in [0, 0.1) is 5.92 Å². The molecule has 0 saturated heterocycles. The van der Waals surface area contributed by atoms with Crippen molar-refractivity contribution in [3.8, 4) is 0 Å². The molecule has 1 aliphatic rings. The van der Waals surface area contributed by atoms with Gasteiger partial charge in [0, 0.05) is 0 Å². The molecule has 1 unspecified atom stereocenters. The van der Waals surface area contributed by atoms with Gasteiger partial charge in [-0.1, -0.05) is 0 Å². The van der Waals surface area contributed by atoms with E-state index in [9.17, 15) is 0 Å². The minimum Gasteiger partial charge on any atom is -0.393 e. The third kappa shape index (κ3) is 1.95. The first-order chi connectivity index (χ1) is 4.33. The van der Waals surface area contributed by atoms with E-state index < -0.39 is 0 Å². The molecule has 0 amide bonds. The Morgan fingerprint density at radius 3 is 2.67 bits per heavy atom. The summed E-state index contributed by atoms with van der Waals surface area (Å²) >= 11 is 0. The van der Waals surface area contributed by atoms with Crippen molar-refractivity contribution in [1.29, 1.82) is 0 Å². The molecule has 1 aliphatic carbocycles. The Kier molecular flexibility index (Phi) is 2.49. The van der Waals surface area contributed by atoms with Crippen molar-refractivity contribution in [2.75, 3.05) is 6.54 Å². The van der Waals surface area contributed by atoms with Crippen LogP contribution in [0.1, 0.15) is 25.7 Å². The van der Waals surface area contributed by atoms with Gasteiger partial charge in [-0.3, -0.25) is 0 Å². The molecular formula is C7H15NO. The summed E-state index contributed by atoms with van der Waals surface area (Å²) < 4.78 is 0. The van der Waals surface area contributed by atoms with Crippen molar-refractivity contribution in [2.24, 2.45) is 11.7 Å². The quantitative estimate of drug-likeness (QED) is 0.570. The fourth-order valence-electron chi connectivity index (χ4n) is 1.55. The van der Waals surface area contributed by atoms with Crippen molar-refractivity contribution in [3.63, 3.8) is 0 Å². The van der Waals surface area contributed by atoms with Gasteiger partial charge in [-0.25, -0.2) is 0 Å². The monoisotopic (exact) mass is 129 g/mol. The summed E-state index contributed by atoms with van der Waals surface area (Å²) in [5.41, 5.74) is 5.37. The van der Waals surface area contributed by atoms with Crippen LogP contribution in [0.3, 0.4) is 0 Å². The summed E-state index contributed by atoms with van der Waals surface area (Å²) in [6, 6.07) is 0. The van der Waals surface area contributed by atoms with E-state index in [-0.39, 0.29) is 6.10 Å². The second kappa shape index (κ2) is 3.18. The van der Waals surface area contributed by atoms with Gasteiger partial charge in [0.2, 0.25) is 0 Å². The number of rotatable bonds is 2. The summed E-state index contributed by atoms with van der Waals surface area (Å²) in [6.45, 7) is 0.775. The molecule has 3 N–H and O–H groups in total. The molecule has 0 spiro atoms. The highest BCUT2D eigenvalue weighted by Crippen LogP contribution is 2.27. The van der Waals surface area contributed by atoms with Crippen LogP contribution >= 0.6 is 0 Å². The van der Waals surface area contributed by atoms with Crippen LogP contribution in [0.15, 0.2) is 0 Å². The van der Waals surface area contributed by atoms with E-state index in [1.807, 2.05) is 0 Å².